The summed E-state index contributed by atoms with van der Waals surface area (Å²) in [7, 11) is 1.99. The van der Waals surface area contributed by atoms with Crippen LogP contribution in [0.2, 0.25) is 10.0 Å². The minimum atomic E-state index is -0.204. The Labute approximate surface area is 117 Å². The van der Waals surface area contributed by atoms with Gasteiger partial charge in [0.05, 0.1) is 15.7 Å². The fourth-order valence-electron chi connectivity index (χ4n) is 1.36. The minimum absolute atomic E-state index is 0.204. The molecular formula is C12H17Cl2N3O. The molecule has 1 rings (SSSR count). The zero-order chi connectivity index (χ0) is 13.7. The van der Waals surface area contributed by atoms with Crippen LogP contribution in [0.5, 0.6) is 0 Å². The smallest absolute Gasteiger partial charge is 0.251 e. The molecule has 0 saturated carbocycles. The third kappa shape index (κ3) is 4.05. The highest BCUT2D eigenvalue weighted by molar-refractivity contribution is 6.43. The third-order valence-electron chi connectivity index (χ3n) is 2.64. The van der Waals surface area contributed by atoms with Crippen LogP contribution in [-0.4, -0.2) is 37.5 Å². The fraction of sp³-hybridized carbons (Fsp3) is 0.417. The van der Waals surface area contributed by atoms with E-state index in [0.717, 1.165) is 13.1 Å². The number of anilines is 1. The van der Waals surface area contributed by atoms with Crippen molar-refractivity contribution in [1.82, 2.24) is 10.2 Å². The molecule has 0 saturated heterocycles. The Bertz CT molecular complexity index is 414. The number of nitrogens with one attached hydrogen (secondary N) is 1. The first kappa shape index (κ1) is 15.1. The van der Waals surface area contributed by atoms with Crippen LogP contribution in [0.25, 0.3) is 0 Å². The maximum absolute atomic E-state index is 11.8. The van der Waals surface area contributed by atoms with Gasteiger partial charge in [0.2, 0.25) is 0 Å². The molecule has 0 aliphatic carbocycles. The number of rotatable bonds is 5. The largest absolute Gasteiger partial charge is 0.397 e. The molecule has 3 N–H and O–H groups in total. The van der Waals surface area contributed by atoms with E-state index in [2.05, 4.69) is 17.1 Å². The Morgan fingerprint density at radius 1 is 1.44 bits per heavy atom. The van der Waals surface area contributed by atoms with Crippen molar-refractivity contribution in [2.75, 3.05) is 32.4 Å². The van der Waals surface area contributed by atoms with Crippen LogP contribution in [0.1, 0.15) is 17.3 Å². The first-order chi connectivity index (χ1) is 8.45. The zero-order valence-electron chi connectivity index (χ0n) is 10.5. The van der Waals surface area contributed by atoms with Gasteiger partial charge in [-0.15, -0.1) is 0 Å². The highest BCUT2D eigenvalue weighted by Gasteiger charge is 2.10. The number of nitrogen functional groups attached to an aromatic ring is 1. The Balaban J connectivity index is 2.62. The van der Waals surface area contributed by atoms with Crippen molar-refractivity contribution in [1.29, 1.82) is 0 Å². The molecule has 4 nitrogen and oxygen atoms in total. The number of carbonyl (C=O) groups excluding carboxylic acids is 1. The van der Waals surface area contributed by atoms with E-state index in [0.29, 0.717) is 17.8 Å². The third-order valence-corrected chi connectivity index (χ3v) is 3.45. The van der Waals surface area contributed by atoms with Crippen molar-refractivity contribution in [3.05, 3.63) is 27.7 Å². The number of nitrogens with zero attached hydrogens (tertiary/aromatic N) is 1. The van der Waals surface area contributed by atoms with Gasteiger partial charge < -0.3 is 16.0 Å². The number of halogens is 2. The predicted octanol–water partition coefficient (Wildman–Crippen LogP) is 2.26. The molecule has 0 radical (unpaired) electrons. The van der Waals surface area contributed by atoms with Gasteiger partial charge >= 0.3 is 0 Å². The lowest BCUT2D eigenvalue weighted by molar-refractivity contribution is 0.0950. The molecule has 1 aromatic rings. The molecule has 0 bridgehead atoms. The molecule has 0 unspecified atom stereocenters. The molecule has 18 heavy (non-hydrogen) atoms. The minimum Gasteiger partial charge on any atom is -0.397 e. The number of hydrogen-bond donors (Lipinski definition) is 2. The first-order valence-corrected chi connectivity index (χ1v) is 6.42. The maximum Gasteiger partial charge on any atom is 0.251 e. The molecule has 100 valence electrons. The van der Waals surface area contributed by atoms with E-state index >= 15 is 0 Å². The van der Waals surface area contributed by atoms with Gasteiger partial charge in [-0.25, -0.2) is 0 Å². The summed E-state index contributed by atoms with van der Waals surface area (Å²) in [5.41, 5.74) is 6.38. The fourth-order valence-corrected chi connectivity index (χ4v) is 1.70. The summed E-state index contributed by atoms with van der Waals surface area (Å²) < 4.78 is 0. The summed E-state index contributed by atoms with van der Waals surface area (Å²) in [6.45, 7) is 4.36. The first-order valence-electron chi connectivity index (χ1n) is 5.67. The van der Waals surface area contributed by atoms with E-state index in [1.165, 1.54) is 12.1 Å². The molecule has 0 aromatic heterocycles. The van der Waals surface area contributed by atoms with Gasteiger partial charge in [0.15, 0.2) is 0 Å². The lowest BCUT2D eigenvalue weighted by Crippen LogP contribution is -2.32. The summed E-state index contributed by atoms with van der Waals surface area (Å²) in [5.74, 6) is -0.204. The van der Waals surface area contributed by atoms with E-state index in [4.69, 9.17) is 28.9 Å². The van der Waals surface area contributed by atoms with Gasteiger partial charge in [-0.3, -0.25) is 4.79 Å². The Morgan fingerprint density at radius 2 is 2.11 bits per heavy atom. The van der Waals surface area contributed by atoms with Crippen LogP contribution in [0.4, 0.5) is 5.69 Å². The van der Waals surface area contributed by atoms with Gasteiger partial charge in [0.25, 0.3) is 5.91 Å². The Kier molecular flexibility index (Phi) is 5.72. The molecule has 0 spiro atoms. The maximum atomic E-state index is 11.8. The zero-order valence-corrected chi connectivity index (χ0v) is 12.0. The van der Waals surface area contributed by atoms with Gasteiger partial charge in [-0.05, 0) is 25.7 Å². The average Bonchev–Trinajstić information content (AvgIpc) is 2.34. The van der Waals surface area contributed by atoms with E-state index in [1.807, 2.05) is 7.05 Å². The van der Waals surface area contributed by atoms with Gasteiger partial charge in [0, 0.05) is 18.7 Å². The average molecular weight is 290 g/mol. The van der Waals surface area contributed by atoms with Crippen LogP contribution in [0.15, 0.2) is 12.1 Å². The van der Waals surface area contributed by atoms with Crippen molar-refractivity contribution in [3.63, 3.8) is 0 Å². The summed E-state index contributed by atoms with van der Waals surface area (Å²) in [5, 5.41) is 3.36. The highest BCUT2D eigenvalue weighted by Crippen LogP contribution is 2.29. The number of nitrogens with two attached hydrogens (primary N) is 1. The Hall–Kier alpha value is -0.970. The van der Waals surface area contributed by atoms with Crippen LogP contribution < -0.4 is 11.1 Å². The summed E-state index contributed by atoms with van der Waals surface area (Å²) in [6, 6.07) is 3.03. The quantitative estimate of drug-likeness (QED) is 0.818. The number of benzene rings is 1. The molecule has 0 aliphatic rings. The molecule has 6 heteroatoms. The van der Waals surface area contributed by atoms with Gasteiger partial charge in [0.1, 0.15) is 0 Å². The summed E-state index contributed by atoms with van der Waals surface area (Å²) in [6.07, 6.45) is 0. The molecule has 0 fully saturated rings. The van der Waals surface area contributed by atoms with Crippen molar-refractivity contribution in [2.45, 2.75) is 6.92 Å². The molecule has 1 aromatic carbocycles. The second-order valence-electron chi connectivity index (χ2n) is 4.01. The van der Waals surface area contributed by atoms with Crippen molar-refractivity contribution in [3.8, 4) is 0 Å². The van der Waals surface area contributed by atoms with Crippen molar-refractivity contribution in [2.24, 2.45) is 0 Å². The summed E-state index contributed by atoms with van der Waals surface area (Å²) in [4.78, 5) is 13.9. The Morgan fingerprint density at radius 3 is 2.67 bits per heavy atom. The molecule has 0 aliphatic heterocycles. The van der Waals surface area contributed by atoms with Crippen LogP contribution in [0, 0.1) is 0 Å². The summed E-state index contributed by atoms with van der Waals surface area (Å²) >= 11 is 11.7. The number of likely N-dealkylation sites (N-methyl/N-ethyl adjacent to an activating group) is 1. The number of amides is 1. The number of carbonyl (C=O) groups is 1. The van der Waals surface area contributed by atoms with Gasteiger partial charge in [-0.2, -0.15) is 0 Å². The lowest BCUT2D eigenvalue weighted by Gasteiger charge is -2.14. The predicted molar refractivity (Wildman–Crippen MR) is 76.4 cm³/mol. The van der Waals surface area contributed by atoms with Crippen molar-refractivity contribution >= 4 is 34.8 Å². The molecule has 0 atom stereocenters. The van der Waals surface area contributed by atoms with E-state index < -0.39 is 0 Å². The van der Waals surface area contributed by atoms with E-state index in [1.54, 1.807) is 0 Å². The normalized spacial score (nSPS) is 10.7. The second-order valence-corrected chi connectivity index (χ2v) is 4.80. The van der Waals surface area contributed by atoms with E-state index in [-0.39, 0.29) is 16.0 Å². The second kappa shape index (κ2) is 6.83. The number of hydrogen-bond acceptors (Lipinski definition) is 3. The van der Waals surface area contributed by atoms with Crippen LogP contribution in [0.3, 0.4) is 0 Å². The molecular weight excluding hydrogens is 273 g/mol. The topological polar surface area (TPSA) is 58.4 Å². The monoisotopic (exact) mass is 289 g/mol. The highest BCUT2D eigenvalue weighted by atomic mass is 35.5. The van der Waals surface area contributed by atoms with Crippen LogP contribution >= 0.6 is 23.2 Å². The van der Waals surface area contributed by atoms with E-state index in [9.17, 15) is 4.79 Å². The molecule has 0 heterocycles. The SMILES string of the molecule is CCN(C)CCNC(=O)c1cc(N)c(Cl)c(Cl)c1. The van der Waals surface area contributed by atoms with Crippen LogP contribution in [-0.2, 0) is 0 Å². The standard InChI is InChI=1S/C12H17Cl2N3O/c1-3-17(2)5-4-16-12(18)8-6-9(13)11(14)10(15)7-8/h6-7H,3-5,15H2,1-2H3,(H,16,18). The molecule has 1 amide bonds. The lowest BCUT2D eigenvalue weighted by atomic mass is 10.2. The van der Waals surface area contributed by atoms with Gasteiger partial charge in [-0.1, -0.05) is 30.1 Å². The van der Waals surface area contributed by atoms with Crippen molar-refractivity contribution < 1.29 is 4.79 Å².